The predicted molar refractivity (Wildman–Crippen MR) is 83.6 cm³/mol. The average molecular weight is 324 g/mol. The summed E-state index contributed by atoms with van der Waals surface area (Å²) in [5.74, 6) is 0. The summed E-state index contributed by atoms with van der Waals surface area (Å²) in [5.41, 5.74) is 7.08. The van der Waals surface area contributed by atoms with Crippen molar-refractivity contribution in [3.05, 3.63) is 28.8 Å². The van der Waals surface area contributed by atoms with Crippen LogP contribution in [0.3, 0.4) is 0 Å². The van der Waals surface area contributed by atoms with E-state index in [1.54, 1.807) is 11.8 Å². The van der Waals surface area contributed by atoms with Crippen LogP contribution in [0.1, 0.15) is 37.8 Å². The molecule has 1 aromatic heterocycles. The van der Waals surface area contributed by atoms with Gasteiger partial charge in [-0.3, -0.25) is 0 Å². The standard InChI is InChI=1S/C14H18ClN5S/c1-2-10(16)7-9-3-6-12(8-13(9)15)21-14-17-18-19-20(14)11-4-5-11/h3,6,8,10-11H,2,4-5,7,16H2,1H3. The van der Waals surface area contributed by atoms with Crippen molar-refractivity contribution in [2.75, 3.05) is 0 Å². The Kier molecular flexibility index (Phi) is 4.47. The van der Waals surface area contributed by atoms with Crippen LogP contribution < -0.4 is 5.73 Å². The van der Waals surface area contributed by atoms with Crippen molar-refractivity contribution >= 4 is 23.4 Å². The zero-order valence-corrected chi connectivity index (χ0v) is 13.4. The van der Waals surface area contributed by atoms with E-state index in [-0.39, 0.29) is 6.04 Å². The highest BCUT2D eigenvalue weighted by molar-refractivity contribution is 7.99. The minimum absolute atomic E-state index is 0.156. The molecule has 112 valence electrons. The molecule has 1 saturated carbocycles. The van der Waals surface area contributed by atoms with Crippen LogP contribution in [0.25, 0.3) is 0 Å². The van der Waals surface area contributed by atoms with E-state index < -0.39 is 0 Å². The highest BCUT2D eigenvalue weighted by atomic mass is 35.5. The van der Waals surface area contributed by atoms with E-state index >= 15 is 0 Å². The van der Waals surface area contributed by atoms with Crippen molar-refractivity contribution in [2.45, 2.75) is 54.7 Å². The van der Waals surface area contributed by atoms with Gasteiger partial charge in [-0.2, -0.15) is 0 Å². The molecule has 1 aliphatic rings. The number of hydrogen-bond acceptors (Lipinski definition) is 5. The first-order valence-corrected chi connectivity index (χ1v) is 8.36. The van der Waals surface area contributed by atoms with Gasteiger partial charge < -0.3 is 5.73 Å². The lowest BCUT2D eigenvalue weighted by atomic mass is 10.1. The third kappa shape index (κ3) is 3.56. The first-order valence-electron chi connectivity index (χ1n) is 7.17. The lowest BCUT2D eigenvalue weighted by Gasteiger charge is -2.11. The summed E-state index contributed by atoms with van der Waals surface area (Å²) in [6.45, 7) is 2.08. The molecule has 5 nitrogen and oxygen atoms in total. The third-order valence-corrected chi connectivity index (χ3v) is 4.89. The van der Waals surface area contributed by atoms with Crippen LogP contribution in [-0.2, 0) is 6.42 Å². The number of benzene rings is 1. The molecule has 0 aliphatic heterocycles. The van der Waals surface area contributed by atoms with Gasteiger partial charge in [0.25, 0.3) is 0 Å². The maximum atomic E-state index is 6.36. The van der Waals surface area contributed by atoms with Gasteiger partial charge in [0.1, 0.15) is 0 Å². The van der Waals surface area contributed by atoms with E-state index in [0.717, 1.165) is 46.3 Å². The molecule has 1 aliphatic carbocycles. The summed E-state index contributed by atoms with van der Waals surface area (Å²) in [4.78, 5) is 1.05. The summed E-state index contributed by atoms with van der Waals surface area (Å²) in [7, 11) is 0. The fourth-order valence-corrected chi connectivity index (χ4v) is 3.29. The van der Waals surface area contributed by atoms with Crippen molar-refractivity contribution in [1.29, 1.82) is 0 Å². The fraction of sp³-hybridized carbons (Fsp3) is 0.500. The van der Waals surface area contributed by atoms with E-state index in [9.17, 15) is 0 Å². The summed E-state index contributed by atoms with van der Waals surface area (Å²) >= 11 is 7.91. The minimum atomic E-state index is 0.156. The molecule has 2 aromatic rings. The average Bonchev–Trinajstić information content (AvgIpc) is 3.22. The van der Waals surface area contributed by atoms with Crippen molar-refractivity contribution in [3.8, 4) is 0 Å². The quantitative estimate of drug-likeness (QED) is 0.884. The molecule has 21 heavy (non-hydrogen) atoms. The van der Waals surface area contributed by atoms with Gasteiger partial charge in [-0.05, 0) is 65.6 Å². The molecule has 2 N–H and O–H groups in total. The Bertz CT molecular complexity index is 626. The van der Waals surface area contributed by atoms with Crippen LogP contribution in [0.4, 0.5) is 0 Å². The third-order valence-electron chi connectivity index (χ3n) is 3.60. The number of nitrogens with two attached hydrogens (primary N) is 1. The summed E-state index contributed by atoms with van der Waals surface area (Å²) in [6, 6.07) is 6.70. The van der Waals surface area contributed by atoms with Gasteiger partial charge in [-0.15, -0.1) is 5.10 Å². The van der Waals surface area contributed by atoms with E-state index in [0.29, 0.717) is 6.04 Å². The van der Waals surface area contributed by atoms with Crippen molar-refractivity contribution in [2.24, 2.45) is 5.73 Å². The van der Waals surface area contributed by atoms with Crippen LogP contribution in [-0.4, -0.2) is 26.2 Å². The summed E-state index contributed by atoms with van der Waals surface area (Å²) in [6.07, 6.45) is 4.07. The number of hydrogen-bond donors (Lipinski definition) is 1. The molecule has 1 heterocycles. The Morgan fingerprint density at radius 3 is 2.95 bits per heavy atom. The largest absolute Gasteiger partial charge is 0.327 e. The van der Waals surface area contributed by atoms with Crippen LogP contribution in [0.15, 0.2) is 28.3 Å². The van der Waals surface area contributed by atoms with Crippen molar-refractivity contribution in [3.63, 3.8) is 0 Å². The van der Waals surface area contributed by atoms with Crippen LogP contribution >= 0.6 is 23.4 Å². The molecule has 0 radical (unpaired) electrons. The molecule has 1 atom stereocenters. The molecule has 0 spiro atoms. The Morgan fingerprint density at radius 2 is 2.29 bits per heavy atom. The van der Waals surface area contributed by atoms with Crippen LogP contribution in [0.5, 0.6) is 0 Å². The molecule has 0 bridgehead atoms. The van der Waals surface area contributed by atoms with E-state index in [4.69, 9.17) is 17.3 Å². The minimum Gasteiger partial charge on any atom is -0.327 e. The molecule has 1 fully saturated rings. The number of aromatic nitrogens is 4. The smallest absolute Gasteiger partial charge is 0.214 e. The van der Waals surface area contributed by atoms with Crippen molar-refractivity contribution in [1.82, 2.24) is 20.2 Å². The van der Waals surface area contributed by atoms with Gasteiger partial charge in [0.2, 0.25) is 5.16 Å². The summed E-state index contributed by atoms with van der Waals surface area (Å²) in [5, 5.41) is 13.5. The second-order valence-corrected chi connectivity index (χ2v) is 6.81. The normalized spacial score (nSPS) is 16.1. The van der Waals surface area contributed by atoms with Crippen LogP contribution in [0.2, 0.25) is 5.02 Å². The number of halogens is 1. The Labute approximate surface area is 133 Å². The highest BCUT2D eigenvalue weighted by Crippen LogP contribution is 2.38. The number of tetrazole rings is 1. The molecule has 0 amide bonds. The van der Waals surface area contributed by atoms with Gasteiger partial charge in [-0.1, -0.05) is 24.6 Å². The first kappa shape index (κ1) is 14.8. The zero-order chi connectivity index (χ0) is 14.8. The van der Waals surface area contributed by atoms with E-state index in [1.807, 2.05) is 16.8 Å². The van der Waals surface area contributed by atoms with Gasteiger partial charge in [0.05, 0.1) is 6.04 Å². The van der Waals surface area contributed by atoms with Gasteiger partial charge in [0, 0.05) is 16.0 Å². The fourth-order valence-electron chi connectivity index (χ4n) is 2.09. The van der Waals surface area contributed by atoms with Crippen molar-refractivity contribution < 1.29 is 0 Å². The summed E-state index contributed by atoms with van der Waals surface area (Å²) < 4.78 is 1.90. The molecule has 7 heteroatoms. The SMILES string of the molecule is CCC(N)Cc1ccc(Sc2nnnn2C2CC2)cc1Cl. The molecular weight excluding hydrogens is 306 g/mol. The van der Waals surface area contributed by atoms with Gasteiger partial charge in [0.15, 0.2) is 0 Å². The maximum absolute atomic E-state index is 6.36. The predicted octanol–water partition coefficient (Wildman–Crippen LogP) is 3.09. The Morgan fingerprint density at radius 1 is 1.48 bits per heavy atom. The monoisotopic (exact) mass is 323 g/mol. The van der Waals surface area contributed by atoms with E-state index in [2.05, 4.69) is 28.5 Å². The lowest BCUT2D eigenvalue weighted by molar-refractivity contribution is 0.565. The van der Waals surface area contributed by atoms with Crippen LogP contribution in [0, 0.1) is 0 Å². The highest BCUT2D eigenvalue weighted by Gasteiger charge is 2.28. The van der Waals surface area contributed by atoms with Gasteiger partial charge in [-0.25, -0.2) is 4.68 Å². The maximum Gasteiger partial charge on any atom is 0.214 e. The molecule has 1 unspecified atom stereocenters. The molecule has 0 saturated heterocycles. The van der Waals surface area contributed by atoms with Gasteiger partial charge >= 0.3 is 0 Å². The molecular formula is C14H18ClN5S. The molecule has 1 aromatic carbocycles. The second-order valence-electron chi connectivity index (χ2n) is 5.36. The molecule has 3 rings (SSSR count). The number of nitrogens with zero attached hydrogens (tertiary/aromatic N) is 4. The number of rotatable bonds is 6. The Hall–Kier alpha value is -1.11. The zero-order valence-electron chi connectivity index (χ0n) is 11.9. The topological polar surface area (TPSA) is 69.6 Å². The first-order chi connectivity index (χ1) is 10.2. The Balaban J connectivity index is 1.74. The van der Waals surface area contributed by atoms with E-state index in [1.165, 1.54) is 0 Å². The lowest BCUT2D eigenvalue weighted by Crippen LogP contribution is -2.21. The second kappa shape index (κ2) is 6.34.